The molecule has 5 nitrogen and oxygen atoms in total. The van der Waals surface area contributed by atoms with Crippen LogP contribution in [0.1, 0.15) is 11.3 Å². The van der Waals surface area contributed by atoms with E-state index in [1.165, 1.54) is 17.7 Å². The standard InChI is InChI=1S/C19H18BrNO4S/c1-24-19-10-9-17(12-18(19)20)26(22,23)21(14-16-8-5-11-25-16)13-15-6-3-2-4-7-15/h2-12H,13-14H2,1H3. The number of hydrogen-bond donors (Lipinski definition) is 0. The number of ether oxygens (including phenoxy) is 1. The first kappa shape index (κ1) is 18.7. The monoisotopic (exact) mass is 435 g/mol. The largest absolute Gasteiger partial charge is 0.496 e. The fourth-order valence-electron chi connectivity index (χ4n) is 2.55. The third kappa shape index (κ3) is 4.17. The Balaban J connectivity index is 1.97. The van der Waals surface area contributed by atoms with Gasteiger partial charge in [0.25, 0.3) is 0 Å². The van der Waals surface area contributed by atoms with Crippen LogP contribution >= 0.6 is 15.9 Å². The minimum Gasteiger partial charge on any atom is -0.496 e. The fraction of sp³-hybridized carbons (Fsp3) is 0.158. The Labute approximate surface area is 161 Å². The quantitative estimate of drug-likeness (QED) is 0.550. The highest BCUT2D eigenvalue weighted by Crippen LogP contribution is 2.30. The molecule has 0 spiro atoms. The van der Waals surface area contributed by atoms with E-state index < -0.39 is 10.0 Å². The van der Waals surface area contributed by atoms with Crippen molar-refractivity contribution >= 4 is 26.0 Å². The number of methoxy groups -OCH3 is 1. The van der Waals surface area contributed by atoms with E-state index in [-0.39, 0.29) is 18.0 Å². The van der Waals surface area contributed by atoms with Crippen LogP contribution in [0.5, 0.6) is 5.75 Å². The lowest BCUT2D eigenvalue weighted by atomic mass is 10.2. The molecule has 0 aliphatic rings. The van der Waals surface area contributed by atoms with Crippen LogP contribution in [-0.2, 0) is 23.1 Å². The minimum absolute atomic E-state index is 0.147. The zero-order chi connectivity index (χ0) is 18.6. The van der Waals surface area contributed by atoms with Crippen LogP contribution in [0.4, 0.5) is 0 Å². The van der Waals surface area contributed by atoms with E-state index in [9.17, 15) is 8.42 Å². The maximum Gasteiger partial charge on any atom is 0.243 e. The number of nitrogens with zero attached hydrogens (tertiary/aromatic N) is 1. The van der Waals surface area contributed by atoms with Gasteiger partial charge in [0.15, 0.2) is 0 Å². The number of hydrogen-bond acceptors (Lipinski definition) is 4. The molecule has 0 N–H and O–H groups in total. The van der Waals surface area contributed by atoms with Crippen LogP contribution < -0.4 is 4.74 Å². The molecule has 3 aromatic rings. The van der Waals surface area contributed by atoms with E-state index >= 15 is 0 Å². The van der Waals surface area contributed by atoms with Gasteiger partial charge in [0.05, 0.1) is 29.3 Å². The predicted molar refractivity (Wildman–Crippen MR) is 102 cm³/mol. The molecule has 0 unspecified atom stereocenters. The highest BCUT2D eigenvalue weighted by Gasteiger charge is 2.26. The lowest BCUT2D eigenvalue weighted by Gasteiger charge is -2.22. The van der Waals surface area contributed by atoms with Gasteiger partial charge in [-0.25, -0.2) is 8.42 Å². The SMILES string of the molecule is COc1ccc(S(=O)(=O)N(Cc2ccccc2)Cc2ccco2)cc1Br. The molecule has 1 heterocycles. The Morgan fingerprint density at radius 3 is 2.42 bits per heavy atom. The maximum absolute atomic E-state index is 13.2. The molecule has 0 radical (unpaired) electrons. The molecule has 0 bridgehead atoms. The topological polar surface area (TPSA) is 59.8 Å². The normalized spacial score (nSPS) is 11.7. The molecule has 0 atom stereocenters. The third-order valence-corrected chi connectivity index (χ3v) is 6.28. The van der Waals surface area contributed by atoms with Crippen molar-refractivity contribution in [3.8, 4) is 5.75 Å². The van der Waals surface area contributed by atoms with Gasteiger partial charge in [0.1, 0.15) is 11.5 Å². The van der Waals surface area contributed by atoms with Crippen LogP contribution in [0, 0.1) is 0 Å². The van der Waals surface area contributed by atoms with Crippen molar-refractivity contribution in [1.29, 1.82) is 0 Å². The lowest BCUT2D eigenvalue weighted by molar-refractivity contribution is 0.358. The first-order valence-electron chi connectivity index (χ1n) is 7.90. The molecule has 136 valence electrons. The van der Waals surface area contributed by atoms with Gasteiger partial charge in [-0.2, -0.15) is 4.31 Å². The Bertz CT molecular complexity index is 956. The second-order valence-electron chi connectivity index (χ2n) is 5.63. The summed E-state index contributed by atoms with van der Waals surface area (Å²) in [6, 6.07) is 17.7. The van der Waals surface area contributed by atoms with Gasteiger partial charge < -0.3 is 9.15 Å². The van der Waals surface area contributed by atoms with Gasteiger partial charge in [0, 0.05) is 6.54 Å². The van der Waals surface area contributed by atoms with E-state index in [1.807, 2.05) is 30.3 Å². The molecule has 26 heavy (non-hydrogen) atoms. The molecular formula is C19H18BrNO4S. The van der Waals surface area contributed by atoms with Gasteiger partial charge in [-0.05, 0) is 51.8 Å². The summed E-state index contributed by atoms with van der Waals surface area (Å²) < 4.78 is 39.0. The van der Waals surface area contributed by atoms with Crippen LogP contribution in [-0.4, -0.2) is 19.8 Å². The Kier molecular flexibility index (Phi) is 5.80. The molecule has 0 amide bonds. The summed E-state index contributed by atoms with van der Waals surface area (Å²) in [7, 11) is -2.20. The molecule has 1 aromatic heterocycles. The molecule has 0 aliphatic carbocycles. The minimum atomic E-state index is -3.74. The van der Waals surface area contributed by atoms with Crippen molar-refractivity contribution in [1.82, 2.24) is 4.31 Å². The third-order valence-electron chi connectivity index (χ3n) is 3.88. The van der Waals surface area contributed by atoms with E-state index in [0.717, 1.165) is 5.56 Å². The number of benzene rings is 2. The zero-order valence-corrected chi connectivity index (χ0v) is 16.5. The Morgan fingerprint density at radius 2 is 1.81 bits per heavy atom. The Hall–Kier alpha value is -2.09. The summed E-state index contributed by atoms with van der Waals surface area (Å²) >= 11 is 3.35. The second-order valence-corrected chi connectivity index (χ2v) is 8.43. The number of furan rings is 1. The Morgan fingerprint density at radius 1 is 1.04 bits per heavy atom. The molecule has 0 saturated carbocycles. The average Bonchev–Trinajstić information content (AvgIpc) is 3.15. The second kappa shape index (κ2) is 8.07. The molecular weight excluding hydrogens is 418 g/mol. The van der Waals surface area contributed by atoms with Crippen molar-refractivity contribution in [2.45, 2.75) is 18.0 Å². The van der Waals surface area contributed by atoms with Crippen molar-refractivity contribution < 1.29 is 17.6 Å². The van der Waals surface area contributed by atoms with E-state index in [2.05, 4.69) is 15.9 Å². The first-order valence-corrected chi connectivity index (χ1v) is 10.1. The van der Waals surface area contributed by atoms with Crippen molar-refractivity contribution in [3.05, 3.63) is 82.7 Å². The number of sulfonamides is 1. The summed E-state index contributed by atoms with van der Waals surface area (Å²) in [6.45, 7) is 0.390. The average molecular weight is 436 g/mol. The van der Waals surface area contributed by atoms with E-state index in [1.54, 1.807) is 30.3 Å². The zero-order valence-electron chi connectivity index (χ0n) is 14.1. The van der Waals surface area contributed by atoms with Gasteiger partial charge in [-0.3, -0.25) is 0 Å². The van der Waals surface area contributed by atoms with Gasteiger partial charge in [-0.1, -0.05) is 30.3 Å². The summed E-state index contributed by atoms with van der Waals surface area (Å²) in [6.07, 6.45) is 1.53. The van der Waals surface area contributed by atoms with Crippen LogP contribution in [0.15, 0.2) is 80.7 Å². The molecule has 0 saturated heterocycles. The predicted octanol–water partition coefficient (Wildman–Crippen LogP) is 4.44. The highest BCUT2D eigenvalue weighted by molar-refractivity contribution is 9.10. The van der Waals surface area contributed by atoms with Crippen molar-refractivity contribution in [3.63, 3.8) is 0 Å². The van der Waals surface area contributed by atoms with Crippen LogP contribution in [0.2, 0.25) is 0 Å². The lowest BCUT2D eigenvalue weighted by Crippen LogP contribution is -2.30. The van der Waals surface area contributed by atoms with E-state index in [4.69, 9.17) is 9.15 Å². The molecule has 2 aromatic carbocycles. The number of halogens is 1. The van der Waals surface area contributed by atoms with Crippen LogP contribution in [0.25, 0.3) is 0 Å². The smallest absolute Gasteiger partial charge is 0.243 e. The molecule has 0 fully saturated rings. The summed E-state index contributed by atoms with van der Waals surface area (Å²) in [5.74, 6) is 1.15. The van der Waals surface area contributed by atoms with E-state index in [0.29, 0.717) is 16.0 Å². The molecule has 0 aliphatic heterocycles. The summed E-state index contributed by atoms with van der Waals surface area (Å²) in [5, 5.41) is 0. The number of rotatable bonds is 7. The maximum atomic E-state index is 13.2. The fourth-order valence-corrected chi connectivity index (χ4v) is 4.66. The molecule has 7 heteroatoms. The van der Waals surface area contributed by atoms with Gasteiger partial charge >= 0.3 is 0 Å². The van der Waals surface area contributed by atoms with Gasteiger partial charge in [0.2, 0.25) is 10.0 Å². The first-order chi connectivity index (χ1) is 12.5. The summed E-state index contributed by atoms with van der Waals surface area (Å²) in [5.41, 5.74) is 0.898. The van der Waals surface area contributed by atoms with Crippen molar-refractivity contribution in [2.75, 3.05) is 7.11 Å². The summed E-state index contributed by atoms with van der Waals surface area (Å²) in [4.78, 5) is 0.188. The van der Waals surface area contributed by atoms with Crippen molar-refractivity contribution in [2.24, 2.45) is 0 Å². The van der Waals surface area contributed by atoms with Crippen LogP contribution in [0.3, 0.4) is 0 Å². The highest BCUT2D eigenvalue weighted by atomic mass is 79.9. The van der Waals surface area contributed by atoms with Gasteiger partial charge in [-0.15, -0.1) is 0 Å². The molecule has 3 rings (SSSR count).